The van der Waals surface area contributed by atoms with E-state index in [-0.39, 0.29) is 40.8 Å². The number of carbonyl (C=O) groups is 2. The predicted octanol–water partition coefficient (Wildman–Crippen LogP) is 4.23. The van der Waals surface area contributed by atoms with Crippen molar-refractivity contribution >= 4 is 17.6 Å². The molecular formula is C27H36N4O4. The highest BCUT2D eigenvalue weighted by molar-refractivity contribution is 6.06. The summed E-state index contributed by atoms with van der Waals surface area (Å²) >= 11 is 0. The van der Waals surface area contributed by atoms with E-state index >= 15 is 0 Å². The Morgan fingerprint density at radius 2 is 1.60 bits per heavy atom. The van der Waals surface area contributed by atoms with Crippen LogP contribution in [0.3, 0.4) is 0 Å². The van der Waals surface area contributed by atoms with Gasteiger partial charge in [0.2, 0.25) is 0 Å². The molecule has 2 amide bonds. The molecule has 0 unspecified atom stereocenters. The maximum absolute atomic E-state index is 13.3. The molecule has 188 valence electrons. The van der Waals surface area contributed by atoms with Crippen molar-refractivity contribution in [1.29, 1.82) is 5.41 Å². The van der Waals surface area contributed by atoms with E-state index in [1.807, 2.05) is 48.5 Å². The van der Waals surface area contributed by atoms with Gasteiger partial charge in [-0.15, -0.1) is 0 Å². The molecule has 0 spiro atoms. The van der Waals surface area contributed by atoms with Crippen LogP contribution in [-0.4, -0.2) is 41.4 Å². The number of hydrogen-bond acceptors (Lipinski definition) is 5. The van der Waals surface area contributed by atoms with Gasteiger partial charge in [-0.05, 0) is 47.6 Å². The zero-order valence-electron chi connectivity index (χ0n) is 21.8. The predicted molar refractivity (Wildman–Crippen MR) is 136 cm³/mol. The summed E-state index contributed by atoms with van der Waals surface area (Å²) in [6.45, 7) is 14.4. The largest absolute Gasteiger partial charge is 0.507 e. The first-order chi connectivity index (χ1) is 16.2. The Hall–Kier alpha value is -3.55. The summed E-state index contributed by atoms with van der Waals surface area (Å²) < 4.78 is 5.65. The lowest BCUT2D eigenvalue weighted by Crippen LogP contribution is -2.42. The number of amides is 2. The molecule has 3 rings (SSSR count). The van der Waals surface area contributed by atoms with Crippen LogP contribution in [0.25, 0.3) is 0 Å². The Morgan fingerprint density at radius 1 is 1.03 bits per heavy atom. The Balaban J connectivity index is 1.96. The van der Waals surface area contributed by atoms with Crippen molar-refractivity contribution in [2.45, 2.75) is 65.8 Å². The minimum absolute atomic E-state index is 0.0902. The summed E-state index contributed by atoms with van der Waals surface area (Å²) in [5.74, 6) is 0.0467. The SMILES string of the molecule is CCOc1cc2c(cc1C(=O)NC)C(=N)N(NC(=O)c1cc(C(C)(C)C)c(O)c(C(C)(C)C)c1)C2. The van der Waals surface area contributed by atoms with Crippen molar-refractivity contribution in [2.24, 2.45) is 0 Å². The molecule has 0 bridgehead atoms. The van der Waals surface area contributed by atoms with E-state index in [0.717, 1.165) is 5.56 Å². The van der Waals surface area contributed by atoms with Crippen molar-refractivity contribution in [3.05, 3.63) is 57.6 Å². The summed E-state index contributed by atoms with van der Waals surface area (Å²) in [6.07, 6.45) is 0. The number of nitrogens with zero attached hydrogens (tertiary/aromatic N) is 1. The number of benzene rings is 2. The van der Waals surface area contributed by atoms with E-state index in [9.17, 15) is 14.7 Å². The Morgan fingerprint density at radius 3 is 2.09 bits per heavy atom. The Labute approximate surface area is 207 Å². The maximum Gasteiger partial charge on any atom is 0.269 e. The van der Waals surface area contributed by atoms with Gasteiger partial charge in [-0.25, -0.2) is 0 Å². The van der Waals surface area contributed by atoms with E-state index in [1.165, 1.54) is 5.01 Å². The van der Waals surface area contributed by atoms with Gasteiger partial charge in [0, 0.05) is 29.3 Å². The highest BCUT2D eigenvalue weighted by Gasteiger charge is 2.31. The molecule has 0 radical (unpaired) electrons. The third-order valence-electron chi connectivity index (χ3n) is 6.06. The van der Waals surface area contributed by atoms with Crippen molar-refractivity contribution in [2.75, 3.05) is 13.7 Å². The van der Waals surface area contributed by atoms with Gasteiger partial charge in [-0.3, -0.25) is 25.4 Å². The first-order valence-electron chi connectivity index (χ1n) is 11.8. The fraction of sp³-hybridized carbons (Fsp3) is 0.444. The monoisotopic (exact) mass is 480 g/mol. The van der Waals surface area contributed by atoms with Gasteiger partial charge in [0.15, 0.2) is 0 Å². The van der Waals surface area contributed by atoms with Crippen LogP contribution in [0.15, 0.2) is 24.3 Å². The number of ether oxygens (including phenoxy) is 1. The number of fused-ring (bicyclic) bond motifs is 1. The van der Waals surface area contributed by atoms with Gasteiger partial charge in [0.05, 0.1) is 18.7 Å². The van der Waals surface area contributed by atoms with Crippen molar-refractivity contribution in [3.8, 4) is 11.5 Å². The highest BCUT2D eigenvalue weighted by atomic mass is 16.5. The quantitative estimate of drug-likeness (QED) is 0.511. The topological polar surface area (TPSA) is 115 Å². The first kappa shape index (κ1) is 26.1. The normalized spacial score (nSPS) is 13.5. The molecule has 8 heteroatoms. The van der Waals surface area contributed by atoms with Crippen LogP contribution in [0.5, 0.6) is 11.5 Å². The van der Waals surface area contributed by atoms with Gasteiger partial charge < -0.3 is 15.2 Å². The molecule has 0 aliphatic carbocycles. The van der Waals surface area contributed by atoms with Gasteiger partial charge in [-0.2, -0.15) is 0 Å². The minimum atomic E-state index is -0.380. The number of rotatable bonds is 5. The summed E-state index contributed by atoms with van der Waals surface area (Å²) in [5.41, 5.74) is 5.54. The minimum Gasteiger partial charge on any atom is -0.507 e. The smallest absolute Gasteiger partial charge is 0.269 e. The Bertz CT molecular complexity index is 1150. The molecule has 1 heterocycles. The van der Waals surface area contributed by atoms with E-state index in [2.05, 4.69) is 10.7 Å². The molecule has 2 aromatic rings. The number of phenolic OH excluding ortho intramolecular Hbond substituents is 1. The number of phenols is 1. The van der Waals surface area contributed by atoms with E-state index in [1.54, 1.807) is 31.3 Å². The van der Waals surface area contributed by atoms with Crippen LogP contribution in [0.2, 0.25) is 0 Å². The Kier molecular flexibility index (Phi) is 6.88. The molecular weight excluding hydrogens is 444 g/mol. The van der Waals surface area contributed by atoms with Crippen LogP contribution in [0.1, 0.15) is 91.4 Å². The third-order valence-corrected chi connectivity index (χ3v) is 6.06. The molecule has 1 aliphatic heterocycles. The van der Waals surface area contributed by atoms with Gasteiger partial charge >= 0.3 is 0 Å². The zero-order valence-corrected chi connectivity index (χ0v) is 21.8. The number of aromatic hydroxyl groups is 1. The molecule has 0 saturated heterocycles. The molecule has 1 aliphatic rings. The molecule has 0 atom stereocenters. The fourth-order valence-electron chi connectivity index (χ4n) is 4.15. The second kappa shape index (κ2) is 9.24. The van der Waals surface area contributed by atoms with Gasteiger partial charge in [0.25, 0.3) is 11.8 Å². The van der Waals surface area contributed by atoms with Crippen LogP contribution in [0, 0.1) is 5.41 Å². The van der Waals surface area contributed by atoms with E-state index < -0.39 is 0 Å². The van der Waals surface area contributed by atoms with E-state index in [0.29, 0.717) is 40.2 Å². The number of nitrogens with one attached hydrogen (secondary N) is 3. The van der Waals surface area contributed by atoms with Crippen LogP contribution in [0.4, 0.5) is 0 Å². The molecule has 0 saturated carbocycles. The van der Waals surface area contributed by atoms with Gasteiger partial charge in [-0.1, -0.05) is 41.5 Å². The average Bonchev–Trinajstić information content (AvgIpc) is 3.05. The molecule has 0 fully saturated rings. The lowest BCUT2D eigenvalue weighted by molar-refractivity contribution is 0.0868. The molecule has 4 N–H and O–H groups in total. The molecule has 35 heavy (non-hydrogen) atoms. The highest BCUT2D eigenvalue weighted by Crippen LogP contribution is 2.40. The second-order valence-corrected chi connectivity index (χ2v) is 10.8. The lowest BCUT2D eigenvalue weighted by atomic mass is 9.78. The van der Waals surface area contributed by atoms with Crippen molar-refractivity contribution < 1.29 is 19.4 Å². The average molecular weight is 481 g/mol. The second-order valence-electron chi connectivity index (χ2n) is 10.8. The standard InChI is InChI=1S/C27H36N4O4/c1-9-35-21-12-16-14-31(23(28)17(16)13-18(21)25(34)29-8)30-24(33)15-10-19(26(2,3)4)22(32)20(11-15)27(5,6)7/h10-13,28,32H,9,14H2,1-8H3,(H,29,34)(H,30,33). The number of amidine groups is 1. The fourth-order valence-corrected chi connectivity index (χ4v) is 4.15. The number of hydrogen-bond donors (Lipinski definition) is 4. The van der Waals surface area contributed by atoms with E-state index in [4.69, 9.17) is 10.1 Å². The van der Waals surface area contributed by atoms with Crippen molar-refractivity contribution in [1.82, 2.24) is 15.8 Å². The van der Waals surface area contributed by atoms with Crippen molar-refractivity contribution in [3.63, 3.8) is 0 Å². The lowest BCUT2D eigenvalue weighted by Gasteiger charge is -2.28. The van der Waals surface area contributed by atoms with Crippen LogP contribution >= 0.6 is 0 Å². The zero-order chi connectivity index (χ0) is 26.3. The number of hydrazine groups is 1. The third kappa shape index (κ3) is 5.11. The molecule has 0 aromatic heterocycles. The molecule has 2 aromatic carbocycles. The summed E-state index contributed by atoms with van der Waals surface area (Å²) in [6, 6.07) is 6.80. The van der Waals surface area contributed by atoms with Gasteiger partial charge in [0.1, 0.15) is 17.3 Å². The van der Waals surface area contributed by atoms with Crippen LogP contribution in [-0.2, 0) is 17.4 Å². The molecule has 8 nitrogen and oxygen atoms in total. The summed E-state index contributed by atoms with van der Waals surface area (Å²) in [4.78, 5) is 25.7. The summed E-state index contributed by atoms with van der Waals surface area (Å²) in [7, 11) is 1.54. The number of carbonyl (C=O) groups excluding carboxylic acids is 2. The van der Waals surface area contributed by atoms with Crippen LogP contribution < -0.4 is 15.5 Å². The summed E-state index contributed by atoms with van der Waals surface area (Å²) in [5, 5.41) is 23.6. The first-order valence-corrected chi connectivity index (χ1v) is 11.8. The maximum atomic E-state index is 13.3.